The van der Waals surface area contributed by atoms with Crippen LogP contribution in [0.4, 0.5) is 5.82 Å². The molecule has 0 unspecified atom stereocenters. The Kier molecular flexibility index (Phi) is 7.34. The molecule has 146 valence electrons. The third-order valence-electron chi connectivity index (χ3n) is 4.76. The first-order chi connectivity index (χ1) is 13.4. The third kappa shape index (κ3) is 4.77. The molecular formula is C23H29N5. The van der Waals surface area contributed by atoms with E-state index in [0.29, 0.717) is 12.1 Å². The van der Waals surface area contributed by atoms with E-state index in [1.54, 1.807) is 0 Å². The molecule has 0 amide bonds. The predicted octanol–water partition coefficient (Wildman–Crippen LogP) is 3.01. The number of hydrogen-bond acceptors (Lipinski definition) is 5. The van der Waals surface area contributed by atoms with E-state index >= 15 is 0 Å². The van der Waals surface area contributed by atoms with Gasteiger partial charge in [0.25, 0.3) is 0 Å². The molecule has 5 heteroatoms. The Morgan fingerprint density at radius 3 is 2.57 bits per heavy atom. The molecule has 0 saturated carbocycles. The van der Waals surface area contributed by atoms with E-state index in [9.17, 15) is 5.26 Å². The standard InChI is InChI=1S/C23H29N5/c1-7-10-20(28(5)6)13-22-21(8-2)17(4)26-27-23(22)25-15-19-12-9-11-18(14-24)16(19)3/h8-13H,7,15H2,1-6H3,(H,25,27)/b20-10-,21-8-,22-13+. The van der Waals surface area contributed by atoms with Crippen LogP contribution in [0.25, 0.3) is 12.2 Å². The molecule has 0 aliphatic carbocycles. The molecule has 0 atom stereocenters. The van der Waals surface area contributed by atoms with Gasteiger partial charge in [-0.2, -0.15) is 10.4 Å². The van der Waals surface area contributed by atoms with Crippen molar-refractivity contribution in [2.45, 2.75) is 40.7 Å². The minimum Gasteiger partial charge on any atom is -0.378 e. The molecule has 28 heavy (non-hydrogen) atoms. The summed E-state index contributed by atoms with van der Waals surface area (Å²) in [6, 6.07) is 8.03. The Morgan fingerprint density at radius 2 is 1.96 bits per heavy atom. The van der Waals surface area contributed by atoms with Crippen LogP contribution in [0.5, 0.6) is 0 Å². The van der Waals surface area contributed by atoms with Gasteiger partial charge in [-0.3, -0.25) is 0 Å². The van der Waals surface area contributed by atoms with E-state index < -0.39 is 0 Å². The van der Waals surface area contributed by atoms with Crippen LogP contribution in [0.15, 0.2) is 30.0 Å². The van der Waals surface area contributed by atoms with Crippen molar-refractivity contribution in [1.82, 2.24) is 15.1 Å². The fourth-order valence-electron chi connectivity index (χ4n) is 3.10. The van der Waals surface area contributed by atoms with Crippen LogP contribution >= 0.6 is 0 Å². The van der Waals surface area contributed by atoms with Gasteiger partial charge in [0.2, 0.25) is 0 Å². The van der Waals surface area contributed by atoms with Crippen molar-refractivity contribution in [2.75, 3.05) is 19.4 Å². The number of anilines is 1. The van der Waals surface area contributed by atoms with E-state index in [2.05, 4.69) is 51.6 Å². The molecule has 0 aliphatic heterocycles. The van der Waals surface area contributed by atoms with E-state index in [1.165, 1.54) is 0 Å². The lowest BCUT2D eigenvalue weighted by Crippen LogP contribution is -2.34. The summed E-state index contributed by atoms with van der Waals surface area (Å²) in [7, 11) is 4.08. The molecule has 1 aromatic carbocycles. The van der Waals surface area contributed by atoms with Crippen LogP contribution in [0, 0.1) is 25.2 Å². The lowest BCUT2D eigenvalue weighted by Gasteiger charge is -2.15. The van der Waals surface area contributed by atoms with Gasteiger partial charge in [0.1, 0.15) is 0 Å². The molecule has 1 N–H and O–H groups in total. The highest BCUT2D eigenvalue weighted by Gasteiger charge is 2.07. The minimum atomic E-state index is 0.581. The maximum atomic E-state index is 9.26. The zero-order valence-corrected chi connectivity index (χ0v) is 17.7. The summed E-state index contributed by atoms with van der Waals surface area (Å²) in [5, 5.41) is 23.5. The van der Waals surface area contributed by atoms with E-state index in [0.717, 1.165) is 45.2 Å². The summed E-state index contributed by atoms with van der Waals surface area (Å²) in [6.45, 7) is 8.68. The maximum Gasteiger partial charge on any atom is 0.156 e. The van der Waals surface area contributed by atoms with Crippen LogP contribution < -0.4 is 15.8 Å². The molecule has 0 bridgehead atoms. The maximum absolute atomic E-state index is 9.26. The van der Waals surface area contributed by atoms with Crippen LogP contribution in [0.1, 0.15) is 42.7 Å². The topological polar surface area (TPSA) is 64.8 Å². The smallest absolute Gasteiger partial charge is 0.156 e. The highest BCUT2D eigenvalue weighted by atomic mass is 15.2. The number of nitrogens with zero attached hydrogens (tertiary/aromatic N) is 4. The number of allylic oxidation sites excluding steroid dienone is 2. The van der Waals surface area contributed by atoms with Crippen molar-refractivity contribution >= 4 is 18.0 Å². The zero-order valence-electron chi connectivity index (χ0n) is 17.7. The van der Waals surface area contributed by atoms with Gasteiger partial charge in [0.15, 0.2) is 5.82 Å². The minimum absolute atomic E-state index is 0.581. The molecule has 1 heterocycles. The first kappa shape index (κ1) is 21.2. The van der Waals surface area contributed by atoms with Crippen molar-refractivity contribution < 1.29 is 0 Å². The molecule has 2 rings (SSSR count). The Morgan fingerprint density at radius 1 is 1.21 bits per heavy atom. The second kappa shape index (κ2) is 9.70. The number of aromatic nitrogens is 2. The summed E-state index contributed by atoms with van der Waals surface area (Å²) in [4.78, 5) is 2.10. The number of nitriles is 1. The second-order valence-corrected chi connectivity index (χ2v) is 6.88. The fourth-order valence-corrected chi connectivity index (χ4v) is 3.10. The molecule has 2 aromatic rings. The quantitative estimate of drug-likeness (QED) is 0.841. The number of hydrogen-bond donors (Lipinski definition) is 1. The summed E-state index contributed by atoms with van der Waals surface area (Å²) in [6.07, 6.45) is 7.37. The highest BCUT2D eigenvalue weighted by molar-refractivity contribution is 5.54. The van der Waals surface area contributed by atoms with Crippen LogP contribution in [-0.2, 0) is 6.54 Å². The van der Waals surface area contributed by atoms with Crippen molar-refractivity contribution in [3.8, 4) is 6.07 Å². The van der Waals surface area contributed by atoms with Crippen molar-refractivity contribution in [2.24, 2.45) is 0 Å². The first-order valence-corrected chi connectivity index (χ1v) is 9.54. The van der Waals surface area contributed by atoms with Gasteiger partial charge in [-0.25, -0.2) is 0 Å². The fraction of sp³-hybridized carbons (Fsp3) is 0.348. The first-order valence-electron chi connectivity index (χ1n) is 9.54. The summed E-state index contributed by atoms with van der Waals surface area (Å²) >= 11 is 0. The Hall–Kier alpha value is -3.13. The summed E-state index contributed by atoms with van der Waals surface area (Å²) in [5.41, 5.74) is 4.79. The molecule has 0 radical (unpaired) electrons. The Labute approximate surface area is 167 Å². The number of benzene rings is 1. The Balaban J connectivity index is 2.55. The average molecular weight is 376 g/mol. The molecule has 0 spiro atoms. The SMILES string of the molecule is C/C=c1/c(C)nnc(NCc2cccc(C#N)c2C)/c1=C/C(=C/CC)N(C)C. The summed E-state index contributed by atoms with van der Waals surface area (Å²) in [5.74, 6) is 0.740. The van der Waals surface area contributed by atoms with Crippen molar-refractivity contribution in [1.29, 1.82) is 5.26 Å². The molecule has 0 saturated heterocycles. The van der Waals surface area contributed by atoms with Gasteiger partial charge in [-0.05, 0) is 50.5 Å². The molecule has 0 fully saturated rings. The van der Waals surface area contributed by atoms with Gasteiger partial charge in [-0.1, -0.05) is 31.2 Å². The van der Waals surface area contributed by atoms with Gasteiger partial charge in [0.05, 0.1) is 17.3 Å². The van der Waals surface area contributed by atoms with Crippen LogP contribution in [0.2, 0.25) is 0 Å². The Bertz CT molecular complexity index is 1030. The normalized spacial score (nSPS) is 12.8. The number of nitrogens with one attached hydrogen (secondary N) is 1. The van der Waals surface area contributed by atoms with Gasteiger partial charge >= 0.3 is 0 Å². The van der Waals surface area contributed by atoms with Crippen molar-refractivity contribution in [3.63, 3.8) is 0 Å². The average Bonchev–Trinajstić information content (AvgIpc) is 2.68. The van der Waals surface area contributed by atoms with Crippen molar-refractivity contribution in [3.05, 3.63) is 62.8 Å². The predicted molar refractivity (Wildman–Crippen MR) is 116 cm³/mol. The third-order valence-corrected chi connectivity index (χ3v) is 4.76. The van der Waals surface area contributed by atoms with Crippen LogP contribution in [-0.4, -0.2) is 29.2 Å². The van der Waals surface area contributed by atoms with E-state index in [-0.39, 0.29) is 0 Å². The lowest BCUT2D eigenvalue weighted by atomic mass is 10.0. The van der Waals surface area contributed by atoms with Gasteiger partial charge in [0, 0.05) is 36.8 Å². The summed E-state index contributed by atoms with van der Waals surface area (Å²) < 4.78 is 0. The second-order valence-electron chi connectivity index (χ2n) is 6.88. The number of rotatable bonds is 6. The lowest BCUT2D eigenvalue weighted by molar-refractivity contribution is 0.535. The van der Waals surface area contributed by atoms with E-state index in [4.69, 9.17) is 0 Å². The molecule has 5 nitrogen and oxygen atoms in total. The molecule has 0 aliphatic rings. The van der Waals surface area contributed by atoms with Crippen LogP contribution in [0.3, 0.4) is 0 Å². The molecule has 1 aromatic heterocycles. The van der Waals surface area contributed by atoms with E-state index in [1.807, 2.05) is 53.1 Å². The monoisotopic (exact) mass is 375 g/mol. The highest BCUT2D eigenvalue weighted by Crippen LogP contribution is 2.14. The largest absolute Gasteiger partial charge is 0.378 e. The van der Waals surface area contributed by atoms with Gasteiger partial charge in [-0.15, -0.1) is 5.10 Å². The van der Waals surface area contributed by atoms with Gasteiger partial charge < -0.3 is 10.2 Å². The number of aryl methyl sites for hydroxylation is 1. The zero-order chi connectivity index (χ0) is 20.7. The molecular weight excluding hydrogens is 346 g/mol.